The third kappa shape index (κ3) is 7.15. The minimum absolute atomic E-state index is 0.0344. The van der Waals surface area contributed by atoms with Gasteiger partial charge in [0.25, 0.3) is 0 Å². The Bertz CT molecular complexity index is 488. The molecule has 0 heterocycles. The van der Waals surface area contributed by atoms with Crippen LogP contribution in [-0.2, 0) is 9.47 Å². The highest BCUT2D eigenvalue weighted by atomic mass is 16.5. The van der Waals surface area contributed by atoms with Crippen LogP contribution in [0.4, 0.5) is 10.5 Å². The number of carbonyl (C=O) groups is 2. The van der Waals surface area contributed by atoms with E-state index in [1.54, 1.807) is 31.4 Å². The summed E-state index contributed by atoms with van der Waals surface area (Å²) in [4.78, 5) is 23.7. The molecule has 0 aliphatic carbocycles. The Morgan fingerprint density at radius 3 is 2.43 bits per heavy atom. The van der Waals surface area contributed by atoms with Crippen LogP contribution in [0, 0.1) is 0 Å². The summed E-state index contributed by atoms with van der Waals surface area (Å²) < 4.78 is 10.2. The molecule has 0 radical (unpaired) electrons. The first kappa shape index (κ1) is 19.0. The Morgan fingerprint density at radius 1 is 1.17 bits per heavy atom. The molecule has 0 fully saturated rings. The minimum Gasteiger partial charge on any atom is -0.462 e. The van der Waals surface area contributed by atoms with Gasteiger partial charge in [-0.1, -0.05) is 20.3 Å². The fourth-order valence-corrected chi connectivity index (χ4v) is 1.90. The molecule has 0 saturated heterocycles. The highest BCUT2D eigenvalue weighted by Crippen LogP contribution is 2.11. The number of ether oxygens (including phenoxy) is 2. The van der Waals surface area contributed by atoms with Gasteiger partial charge in [-0.3, -0.25) is 0 Å². The van der Waals surface area contributed by atoms with Crippen molar-refractivity contribution in [1.29, 1.82) is 0 Å². The Labute approximate surface area is 137 Å². The number of unbranched alkanes of at least 4 members (excludes halogenated alkanes) is 1. The standard InChI is InChI=1S/C17H26N2O4/c1-4-6-11-23-16(20)13-7-9-15(10-8-13)19-17(21)18-14(5-2)12-22-3/h7-10,14H,4-6,11-12H2,1-3H3,(H2,18,19,21). The van der Waals surface area contributed by atoms with Crippen LogP contribution in [-0.4, -0.2) is 38.4 Å². The number of amides is 2. The van der Waals surface area contributed by atoms with Crippen molar-refractivity contribution in [2.24, 2.45) is 0 Å². The van der Waals surface area contributed by atoms with Crippen molar-refractivity contribution in [3.8, 4) is 0 Å². The number of nitrogens with one attached hydrogen (secondary N) is 2. The molecule has 2 amide bonds. The van der Waals surface area contributed by atoms with Gasteiger partial charge in [-0.25, -0.2) is 9.59 Å². The van der Waals surface area contributed by atoms with E-state index in [-0.39, 0.29) is 18.0 Å². The average molecular weight is 322 g/mol. The summed E-state index contributed by atoms with van der Waals surface area (Å²) in [6.45, 7) is 4.90. The van der Waals surface area contributed by atoms with Gasteiger partial charge in [0.1, 0.15) is 0 Å². The molecule has 0 spiro atoms. The number of esters is 1. The molecule has 6 nitrogen and oxygen atoms in total. The van der Waals surface area contributed by atoms with E-state index in [4.69, 9.17) is 9.47 Å². The summed E-state index contributed by atoms with van der Waals surface area (Å²) in [5.41, 5.74) is 1.08. The predicted octanol–water partition coefficient (Wildman–Crippen LogP) is 3.19. The molecule has 23 heavy (non-hydrogen) atoms. The molecule has 1 rings (SSSR count). The summed E-state index contributed by atoms with van der Waals surface area (Å²) >= 11 is 0. The lowest BCUT2D eigenvalue weighted by atomic mass is 10.2. The van der Waals surface area contributed by atoms with Crippen LogP contribution in [0.15, 0.2) is 24.3 Å². The second kappa shape index (κ2) is 10.6. The number of rotatable bonds is 9. The second-order valence-corrected chi connectivity index (χ2v) is 5.23. The van der Waals surface area contributed by atoms with Gasteiger partial charge in [0, 0.05) is 12.8 Å². The lowest BCUT2D eigenvalue weighted by Crippen LogP contribution is -2.40. The summed E-state index contributed by atoms with van der Waals surface area (Å²) in [6, 6.07) is 6.28. The number of carbonyl (C=O) groups excluding carboxylic acids is 2. The maximum Gasteiger partial charge on any atom is 0.338 e. The largest absolute Gasteiger partial charge is 0.462 e. The third-order valence-electron chi connectivity index (χ3n) is 3.31. The van der Waals surface area contributed by atoms with Crippen molar-refractivity contribution >= 4 is 17.7 Å². The molecule has 0 aliphatic heterocycles. The normalized spacial score (nSPS) is 11.6. The van der Waals surface area contributed by atoms with Gasteiger partial charge >= 0.3 is 12.0 Å². The van der Waals surface area contributed by atoms with Crippen LogP contribution in [0.5, 0.6) is 0 Å². The summed E-state index contributed by atoms with van der Waals surface area (Å²) in [5.74, 6) is -0.347. The first-order valence-corrected chi connectivity index (χ1v) is 7.94. The minimum atomic E-state index is -0.347. The fraction of sp³-hybridized carbons (Fsp3) is 0.529. The smallest absolute Gasteiger partial charge is 0.338 e. The molecule has 1 aromatic carbocycles. The van der Waals surface area contributed by atoms with Gasteiger partial charge in [-0.15, -0.1) is 0 Å². The maximum atomic E-state index is 11.9. The molecule has 2 N–H and O–H groups in total. The van der Waals surface area contributed by atoms with E-state index in [0.717, 1.165) is 19.3 Å². The Hall–Kier alpha value is -2.08. The monoisotopic (exact) mass is 322 g/mol. The van der Waals surface area contributed by atoms with Crippen LogP contribution in [0.25, 0.3) is 0 Å². The molecule has 1 unspecified atom stereocenters. The van der Waals surface area contributed by atoms with E-state index in [2.05, 4.69) is 10.6 Å². The van der Waals surface area contributed by atoms with Gasteiger partial charge in [0.15, 0.2) is 0 Å². The number of hydrogen-bond donors (Lipinski definition) is 2. The zero-order valence-electron chi connectivity index (χ0n) is 14.1. The molecule has 6 heteroatoms. The molecule has 0 aliphatic rings. The molecular formula is C17H26N2O4. The number of hydrogen-bond acceptors (Lipinski definition) is 4. The number of methoxy groups -OCH3 is 1. The number of anilines is 1. The summed E-state index contributed by atoms with van der Waals surface area (Å²) in [5, 5.41) is 5.55. The molecule has 0 bridgehead atoms. The summed E-state index contributed by atoms with van der Waals surface area (Å²) in [6.07, 6.45) is 2.61. The van der Waals surface area contributed by atoms with Crippen LogP contribution in [0.1, 0.15) is 43.5 Å². The Balaban J connectivity index is 2.49. The first-order valence-electron chi connectivity index (χ1n) is 7.94. The summed E-state index contributed by atoms with van der Waals surface area (Å²) in [7, 11) is 1.60. The highest BCUT2D eigenvalue weighted by molar-refractivity contribution is 5.92. The molecular weight excluding hydrogens is 296 g/mol. The molecule has 1 atom stereocenters. The third-order valence-corrected chi connectivity index (χ3v) is 3.31. The Morgan fingerprint density at radius 2 is 1.87 bits per heavy atom. The van der Waals surface area contributed by atoms with Crippen molar-refractivity contribution < 1.29 is 19.1 Å². The Kier molecular flexibility index (Phi) is 8.75. The zero-order chi connectivity index (χ0) is 17.1. The zero-order valence-corrected chi connectivity index (χ0v) is 14.1. The van der Waals surface area contributed by atoms with E-state index >= 15 is 0 Å². The van der Waals surface area contributed by atoms with Crippen LogP contribution in [0.2, 0.25) is 0 Å². The molecule has 1 aromatic rings. The second-order valence-electron chi connectivity index (χ2n) is 5.23. The van der Waals surface area contributed by atoms with Gasteiger partial charge in [0.05, 0.1) is 24.8 Å². The number of benzene rings is 1. The van der Waals surface area contributed by atoms with E-state index in [1.807, 2.05) is 13.8 Å². The lowest BCUT2D eigenvalue weighted by molar-refractivity contribution is 0.0500. The molecule has 0 aromatic heterocycles. The van der Waals surface area contributed by atoms with Crippen molar-refractivity contribution in [3.05, 3.63) is 29.8 Å². The van der Waals surface area contributed by atoms with E-state index < -0.39 is 0 Å². The quantitative estimate of drug-likeness (QED) is 0.541. The topological polar surface area (TPSA) is 76.7 Å². The van der Waals surface area contributed by atoms with Crippen molar-refractivity contribution in [2.75, 3.05) is 25.6 Å². The van der Waals surface area contributed by atoms with Crippen molar-refractivity contribution in [3.63, 3.8) is 0 Å². The van der Waals surface area contributed by atoms with Crippen LogP contribution in [0.3, 0.4) is 0 Å². The SMILES string of the molecule is CCCCOC(=O)c1ccc(NC(=O)NC(CC)COC)cc1. The van der Waals surface area contributed by atoms with Gasteiger partial charge in [0.2, 0.25) is 0 Å². The fourth-order valence-electron chi connectivity index (χ4n) is 1.90. The van der Waals surface area contributed by atoms with Crippen LogP contribution >= 0.6 is 0 Å². The average Bonchev–Trinajstić information content (AvgIpc) is 2.55. The van der Waals surface area contributed by atoms with Gasteiger partial charge in [-0.2, -0.15) is 0 Å². The van der Waals surface area contributed by atoms with E-state index in [0.29, 0.717) is 24.5 Å². The molecule has 128 valence electrons. The maximum absolute atomic E-state index is 11.9. The van der Waals surface area contributed by atoms with E-state index in [9.17, 15) is 9.59 Å². The van der Waals surface area contributed by atoms with Gasteiger partial charge < -0.3 is 20.1 Å². The van der Waals surface area contributed by atoms with Crippen molar-refractivity contribution in [1.82, 2.24) is 5.32 Å². The lowest BCUT2D eigenvalue weighted by Gasteiger charge is -2.16. The molecule has 0 saturated carbocycles. The number of urea groups is 1. The van der Waals surface area contributed by atoms with Gasteiger partial charge in [-0.05, 0) is 37.1 Å². The van der Waals surface area contributed by atoms with E-state index in [1.165, 1.54) is 0 Å². The predicted molar refractivity (Wildman–Crippen MR) is 89.7 cm³/mol. The van der Waals surface area contributed by atoms with Crippen molar-refractivity contribution in [2.45, 2.75) is 39.2 Å². The van der Waals surface area contributed by atoms with Crippen LogP contribution < -0.4 is 10.6 Å². The highest BCUT2D eigenvalue weighted by Gasteiger charge is 2.11. The first-order chi connectivity index (χ1) is 11.1.